The van der Waals surface area contributed by atoms with Crippen LogP contribution in [-0.4, -0.2) is 35.5 Å². The van der Waals surface area contributed by atoms with Gasteiger partial charge in [-0.2, -0.15) is 0 Å². The number of hydrogen-bond acceptors (Lipinski definition) is 5. The normalized spacial score (nSPS) is 15.1. The Morgan fingerprint density at radius 2 is 1.95 bits per heavy atom. The lowest BCUT2D eigenvalue weighted by atomic mass is 10.0. The highest BCUT2D eigenvalue weighted by atomic mass is 17.2. The number of carbonyl (C=O) groups is 1. The summed E-state index contributed by atoms with van der Waals surface area (Å²) in [4.78, 5) is 22.0. The van der Waals surface area contributed by atoms with Crippen LogP contribution in [0.15, 0.2) is 0 Å². The molecule has 0 aliphatic carbocycles. The Morgan fingerprint density at radius 1 is 1.32 bits per heavy atom. The highest BCUT2D eigenvalue weighted by Crippen LogP contribution is 2.19. The lowest BCUT2D eigenvalue weighted by Crippen LogP contribution is -2.37. The first-order chi connectivity index (χ1) is 8.82. The lowest BCUT2D eigenvalue weighted by Gasteiger charge is -2.28. The van der Waals surface area contributed by atoms with Crippen LogP contribution in [0.25, 0.3) is 0 Å². The van der Waals surface area contributed by atoms with Crippen LogP contribution in [0.5, 0.6) is 0 Å². The largest absolute Gasteiger partial charge is 0.458 e. The molecule has 2 atom stereocenters. The molecule has 114 valence electrons. The van der Waals surface area contributed by atoms with Gasteiger partial charge in [0.15, 0.2) is 6.10 Å². The van der Waals surface area contributed by atoms with Gasteiger partial charge in [0, 0.05) is 6.42 Å². The van der Waals surface area contributed by atoms with Gasteiger partial charge in [0.2, 0.25) is 0 Å². The molecule has 0 spiro atoms. The number of esters is 1. The Bertz CT molecular complexity index is 242. The van der Waals surface area contributed by atoms with Crippen molar-refractivity contribution >= 4 is 5.97 Å². The quantitative estimate of drug-likeness (QED) is 0.377. The minimum absolute atomic E-state index is 0.382. The predicted octanol–water partition coefficient (Wildman–Crippen LogP) is 2.61. The van der Waals surface area contributed by atoms with Crippen LogP contribution < -0.4 is 0 Å². The van der Waals surface area contributed by atoms with E-state index >= 15 is 0 Å². The monoisotopic (exact) mass is 276 g/mol. The second-order valence-electron chi connectivity index (χ2n) is 5.37. The molecule has 2 unspecified atom stereocenters. The van der Waals surface area contributed by atoms with Gasteiger partial charge in [-0.3, -0.25) is 0 Å². The average molecular weight is 276 g/mol. The molecule has 0 saturated heterocycles. The summed E-state index contributed by atoms with van der Waals surface area (Å²) in [6, 6.07) is 0. The van der Waals surface area contributed by atoms with E-state index < -0.39 is 23.8 Å². The molecule has 0 aliphatic heterocycles. The zero-order valence-electron chi connectivity index (χ0n) is 12.8. The van der Waals surface area contributed by atoms with E-state index in [1.165, 1.54) is 0 Å². The molecule has 0 heterocycles. The minimum atomic E-state index is -0.717. The third-order valence-electron chi connectivity index (χ3n) is 2.55. The number of rotatable bonds is 10. The number of ether oxygens (including phenoxy) is 1. The van der Waals surface area contributed by atoms with E-state index in [1.807, 2.05) is 6.92 Å². The number of unbranched alkanes of at least 4 members (excludes halogenated alkanes) is 1. The van der Waals surface area contributed by atoms with Crippen LogP contribution in [0.3, 0.4) is 0 Å². The van der Waals surface area contributed by atoms with Crippen LogP contribution in [0, 0.1) is 0 Å². The van der Waals surface area contributed by atoms with E-state index in [2.05, 4.69) is 0 Å². The maximum absolute atomic E-state index is 12.0. The maximum atomic E-state index is 12.0. The van der Waals surface area contributed by atoms with Crippen molar-refractivity contribution < 1.29 is 24.4 Å². The van der Waals surface area contributed by atoms with Crippen LogP contribution in [0.4, 0.5) is 0 Å². The molecular formula is C14H28O5. The van der Waals surface area contributed by atoms with Crippen molar-refractivity contribution in [1.29, 1.82) is 0 Å². The fourth-order valence-corrected chi connectivity index (χ4v) is 1.84. The molecule has 0 saturated carbocycles. The SMILES string of the molecule is CCCCC(OOCC)C(=O)OC(C)(C)CC(C)O. The van der Waals surface area contributed by atoms with Crippen molar-refractivity contribution in [1.82, 2.24) is 0 Å². The molecule has 0 aromatic carbocycles. The summed E-state index contributed by atoms with van der Waals surface area (Å²) in [7, 11) is 0. The molecule has 1 N–H and O–H groups in total. The zero-order chi connectivity index (χ0) is 14.9. The zero-order valence-corrected chi connectivity index (χ0v) is 12.8. The number of carbonyl (C=O) groups excluding carboxylic acids is 1. The van der Waals surface area contributed by atoms with Gasteiger partial charge in [-0.15, -0.1) is 0 Å². The minimum Gasteiger partial charge on any atom is -0.458 e. The molecular weight excluding hydrogens is 248 g/mol. The summed E-state index contributed by atoms with van der Waals surface area (Å²) < 4.78 is 5.40. The van der Waals surface area contributed by atoms with E-state index in [4.69, 9.17) is 14.5 Å². The third kappa shape index (κ3) is 8.97. The van der Waals surface area contributed by atoms with Gasteiger partial charge in [0.05, 0.1) is 12.7 Å². The Hall–Kier alpha value is -0.650. The molecule has 0 rings (SSSR count). The van der Waals surface area contributed by atoms with Gasteiger partial charge in [-0.1, -0.05) is 19.8 Å². The van der Waals surface area contributed by atoms with Gasteiger partial charge < -0.3 is 9.84 Å². The van der Waals surface area contributed by atoms with E-state index in [0.717, 1.165) is 12.8 Å². The van der Waals surface area contributed by atoms with E-state index in [0.29, 0.717) is 19.4 Å². The van der Waals surface area contributed by atoms with E-state index in [1.54, 1.807) is 27.7 Å². The second kappa shape index (κ2) is 9.28. The van der Waals surface area contributed by atoms with Gasteiger partial charge in [0.1, 0.15) is 5.60 Å². The van der Waals surface area contributed by atoms with Crippen molar-refractivity contribution in [3.8, 4) is 0 Å². The number of aliphatic hydroxyl groups is 1. The molecule has 0 fully saturated rings. The fourth-order valence-electron chi connectivity index (χ4n) is 1.84. The standard InChI is InChI=1S/C14H28O5/c1-6-8-9-12(19-17-7-2)13(16)18-14(4,5)10-11(3)15/h11-12,15H,6-10H2,1-5H3. The second-order valence-corrected chi connectivity index (χ2v) is 5.37. The molecule has 0 aliphatic rings. The predicted molar refractivity (Wildman–Crippen MR) is 72.5 cm³/mol. The smallest absolute Gasteiger partial charge is 0.339 e. The first kappa shape index (κ1) is 18.4. The summed E-state index contributed by atoms with van der Waals surface area (Å²) in [5.41, 5.74) is -0.717. The van der Waals surface area contributed by atoms with Gasteiger partial charge in [-0.05, 0) is 34.1 Å². The highest BCUT2D eigenvalue weighted by Gasteiger charge is 2.30. The lowest BCUT2D eigenvalue weighted by molar-refractivity contribution is -0.320. The Labute approximate surface area is 116 Å². The highest BCUT2D eigenvalue weighted by molar-refractivity contribution is 5.75. The molecule has 19 heavy (non-hydrogen) atoms. The molecule has 5 heteroatoms. The summed E-state index contributed by atoms with van der Waals surface area (Å²) in [6.07, 6.45) is 1.56. The third-order valence-corrected chi connectivity index (χ3v) is 2.55. The molecule has 0 bridgehead atoms. The van der Waals surface area contributed by atoms with Crippen molar-refractivity contribution in [2.75, 3.05) is 6.61 Å². The van der Waals surface area contributed by atoms with Gasteiger partial charge in [-0.25, -0.2) is 14.6 Å². The molecule has 5 nitrogen and oxygen atoms in total. The van der Waals surface area contributed by atoms with Crippen molar-refractivity contribution in [3.05, 3.63) is 0 Å². The van der Waals surface area contributed by atoms with Crippen LogP contribution in [-0.2, 0) is 19.3 Å². The molecule has 0 amide bonds. The Balaban J connectivity index is 4.43. The van der Waals surface area contributed by atoms with E-state index in [9.17, 15) is 9.90 Å². The van der Waals surface area contributed by atoms with Crippen molar-refractivity contribution in [2.24, 2.45) is 0 Å². The van der Waals surface area contributed by atoms with E-state index in [-0.39, 0.29) is 0 Å². The molecule has 0 radical (unpaired) electrons. The van der Waals surface area contributed by atoms with Crippen molar-refractivity contribution in [3.63, 3.8) is 0 Å². The molecule has 0 aromatic heterocycles. The first-order valence-electron chi connectivity index (χ1n) is 7.01. The van der Waals surface area contributed by atoms with Crippen LogP contribution in [0.1, 0.15) is 60.3 Å². The topological polar surface area (TPSA) is 65.0 Å². The van der Waals surface area contributed by atoms with Gasteiger partial charge in [0.25, 0.3) is 0 Å². The first-order valence-corrected chi connectivity index (χ1v) is 7.01. The summed E-state index contributed by atoms with van der Waals surface area (Å²) in [6.45, 7) is 9.43. The number of hydrogen-bond donors (Lipinski definition) is 1. The number of aliphatic hydroxyl groups excluding tert-OH is 1. The van der Waals surface area contributed by atoms with Crippen molar-refractivity contribution in [2.45, 2.75) is 78.1 Å². The Kier molecular flexibility index (Phi) is 8.97. The summed E-state index contributed by atoms with van der Waals surface area (Å²) in [5, 5.41) is 9.38. The maximum Gasteiger partial charge on any atom is 0.339 e. The van der Waals surface area contributed by atoms with Crippen LogP contribution >= 0.6 is 0 Å². The Morgan fingerprint density at radius 3 is 2.42 bits per heavy atom. The summed E-state index contributed by atoms with van der Waals surface area (Å²) >= 11 is 0. The fraction of sp³-hybridized carbons (Fsp3) is 0.929. The van der Waals surface area contributed by atoms with Crippen LogP contribution in [0.2, 0.25) is 0 Å². The van der Waals surface area contributed by atoms with Gasteiger partial charge >= 0.3 is 5.97 Å². The molecule has 0 aromatic rings. The summed E-state index contributed by atoms with van der Waals surface area (Å²) in [5.74, 6) is -0.437. The average Bonchev–Trinajstić information content (AvgIpc) is 2.26.